The molecule has 0 bridgehead atoms. The minimum absolute atomic E-state index is 0.918. The number of hydrogen-bond acceptors (Lipinski definition) is 3. The Morgan fingerprint density at radius 3 is 2.27 bits per heavy atom. The molecule has 1 aliphatic heterocycles. The van der Waals surface area contributed by atoms with E-state index in [1.54, 1.807) is 0 Å². The van der Waals surface area contributed by atoms with Gasteiger partial charge in [0.2, 0.25) is 0 Å². The van der Waals surface area contributed by atoms with E-state index in [2.05, 4.69) is 16.3 Å². The van der Waals surface area contributed by atoms with Crippen LogP contribution in [0, 0.1) is 13.8 Å². The Morgan fingerprint density at radius 2 is 1.59 bits per heavy atom. The van der Waals surface area contributed by atoms with E-state index in [1.165, 1.54) is 0 Å². The summed E-state index contributed by atoms with van der Waals surface area (Å²) in [6.07, 6.45) is 0. The number of benzene rings is 2. The van der Waals surface area contributed by atoms with Gasteiger partial charge in [-0.15, -0.1) is 0 Å². The van der Waals surface area contributed by atoms with Gasteiger partial charge in [-0.1, -0.05) is 30.3 Å². The van der Waals surface area contributed by atoms with Crippen molar-refractivity contribution in [3.63, 3.8) is 0 Å². The first-order chi connectivity index (χ1) is 10.7. The van der Waals surface area contributed by atoms with E-state index in [0.29, 0.717) is 0 Å². The highest BCUT2D eigenvalue weighted by Crippen LogP contribution is 2.30. The van der Waals surface area contributed by atoms with Crippen LogP contribution in [0.2, 0.25) is 0 Å². The average molecular weight is 314 g/mol. The molecule has 22 heavy (non-hydrogen) atoms. The lowest BCUT2D eigenvalue weighted by molar-refractivity contribution is 0.586. The average Bonchev–Trinajstić information content (AvgIpc) is 2.55. The SMILES string of the molecule is Cc1cccc(C)c1S(=O)c1ccccc1N1CCNCC1. The van der Waals surface area contributed by atoms with Crippen molar-refractivity contribution in [1.29, 1.82) is 0 Å². The van der Waals surface area contributed by atoms with Crippen LogP contribution < -0.4 is 10.2 Å². The van der Waals surface area contributed by atoms with E-state index in [-0.39, 0.29) is 0 Å². The summed E-state index contributed by atoms with van der Waals surface area (Å²) in [6, 6.07) is 14.2. The molecule has 116 valence electrons. The Hall–Kier alpha value is -1.65. The lowest BCUT2D eigenvalue weighted by atomic mass is 10.2. The second-order valence-corrected chi connectivity index (χ2v) is 7.08. The number of aryl methyl sites for hydroxylation is 2. The van der Waals surface area contributed by atoms with Gasteiger partial charge in [0.1, 0.15) is 0 Å². The molecule has 2 aromatic rings. The van der Waals surface area contributed by atoms with Crippen LogP contribution in [0.3, 0.4) is 0 Å². The fourth-order valence-electron chi connectivity index (χ4n) is 2.98. The molecule has 1 heterocycles. The fourth-order valence-corrected chi connectivity index (χ4v) is 4.51. The molecule has 3 nitrogen and oxygen atoms in total. The minimum atomic E-state index is -1.15. The standard InChI is InChI=1S/C18H22N2OS/c1-14-6-5-7-15(2)18(14)22(21)17-9-4-3-8-16(17)20-12-10-19-11-13-20/h3-9,19H,10-13H2,1-2H3. The highest BCUT2D eigenvalue weighted by Gasteiger charge is 2.20. The first kappa shape index (κ1) is 15.3. The molecule has 0 radical (unpaired) electrons. The van der Waals surface area contributed by atoms with Gasteiger partial charge in [0.25, 0.3) is 0 Å². The third kappa shape index (κ3) is 2.94. The van der Waals surface area contributed by atoms with E-state index in [4.69, 9.17) is 0 Å². The zero-order chi connectivity index (χ0) is 15.5. The van der Waals surface area contributed by atoms with Crippen LogP contribution in [-0.2, 0) is 10.8 Å². The largest absolute Gasteiger partial charge is 0.368 e. The molecule has 0 spiro atoms. The zero-order valence-corrected chi connectivity index (χ0v) is 14.0. The highest BCUT2D eigenvalue weighted by atomic mass is 32.2. The summed E-state index contributed by atoms with van der Waals surface area (Å²) in [5.74, 6) is 0. The van der Waals surface area contributed by atoms with Crippen LogP contribution in [0.4, 0.5) is 5.69 Å². The Balaban J connectivity index is 2.03. The third-order valence-corrected chi connectivity index (χ3v) is 5.88. The maximum absolute atomic E-state index is 13.2. The van der Waals surface area contributed by atoms with Crippen molar-refractivity contribution in [3.8, 4) is 0 Å². The summed E-state index contributed by atoms with van der Waals surface area (Å²) in [5.41, 5.74) is 3.28. The molecular formula is C18H22N2OS. The molecule has 4 heteroatoms. The maximum atomic E-state index is 13.2. The van der Waals surface area contributed by atoms with Crippen molar-refractivity contribution in [2.24, 2.45) is 0 Å². The molecular weight excluding hydrogens is 292 g/mol. The second kappa shape index (κ2) is 6.63. The smallest absolute Gasteiger partial charge is 0.0876 e. The quantitative estimate of drug-likeness (QED) is 0.945. The number of para-hydroxylation sites is 1. The molecule has 0 saturated carbocycles. The van der Waals surface area contributed by atoms with Crippen molar-refractivity contribution in [3.05, 3.63) is 53.6 Å². The van der Waals surface area contributed by atoms with Gasteiger partial charge >= 0.3 is 0 Å². The van der Waals surface area contributed by atoms with Gasteiger partial charge in [0.15, 0.2) is 0 Å². The van der Waals surface area contributed by atoms with Gasteiger partial charge in [-0.3, -0.25) is 0 Å². The molecule has 1 atom stereocenters. The maximum Gasteiger partial charge on any atom is 0.0876 e. The fraction of sp³-hybridized carbons (Fsp3) is 0.333. The monoisotopic (exact) mass is 314 g/mol. The van der Waals surface area contributed by atoms with Gasteiger partial charge in [-0.25, -0.2) is 4.21 Å². The number of anilines is 1. The molecule has 0 aliphatic carbocycles. The van der Waals surface area contributed by atoms with Gasteiger partial charge in [-0.2, -0.15) is 0 Å². The van der Waals surface area contributed by atoms with Gasteiger partial charge in [0.05, 0.1) is 21.4 Å². The van der Waals surface area contributed by atoms with E-state index in [0.717, 1.165) is 52.8 Å². The molecule has 1 fully saturated rings. The van der Waals surface area contributed by atoms with Crippen molar-refractivity contribution < 1.29 is 4.21 Å². The first-order valence-corrected chi connectivity index (χ1v) is 8.86. The van der Waals surface area contributed by atoms with Crippen molar-refractivity contribution in [1.82, 2.24) is 5.32 Å². The Bertz CT molecular complexity index is 673. The van der Waals surface area contributed by atoms with Crippen LogP contribution in [0.25, 0.3) is 0 Å². The lowest BCUT2D eigenvalue weighted by Gasteiger charge is -2.31. The van der Waals surface area contributed by atoms with Gasteiger partial charge < -0.3 is 10.2 Å². The molecule has 1 N–H and O–H groups in total. The molecule has 1 unspecified atom stereocenters. The van der Waals surface area contributed by atoms with E-state index in [1.807, 2.05) is 50.2 Å². The van der Waals surface area contributed by atoms with Crippen LogP contribution in [-0.4, -0.2) is 30.4 Å². The first-order valence-electron chi connectivity index (χ1n) is 7.71. The summed E-state index contributed by atoms with van der Waals surface area (Å²) in [5, 5.41) is 3.37. The summed E-state index contributed by atoms with van der Waals surface area (Å²) >= 11 is 0. The second-order valence-electron chi connectivity index (χ2n) is 5.69. The van der Waals surface area contributed by atoms with Crippen LogP contribution >= 0.6 is 0 Å². The molecule has 1 saturated heterocycles. The van der Waals surface area contributed by atoms with Gasteiger partial charge in [0, 0.05) is 31.1 Å². The van der Waals surface area contributed by atoms with Crippen molar-refractivity contribution in [2.75, 3.05) is 31.1 Å². The predicted molar refractivity (Wildman–Crippen MR) is 92.1 cm³/mol. The van der Waals surface area contributed by atoms with E-state index >= 15 is 0 Å². The third-order valence-electron chi connectivity index (χ3n) is 4.12. The highest BCUT2D eigenvalue weighted by molar-refractivity contribution is 7.85. The summed E-state index contributed by atoms with van der Waals surface area (Å²) in [7, 11) is -1.15. The molecule has 1 aliphatic rings. The molecule has 0 amide bonds. The Labute approximate surface area is 134 Å². The number of piperazine rings is 1. The lowest BCUT2D eigenvalue weighted by Crippen LogP contribution is -2.43. The minimum Gasteiger partial charge on any atom is -0.368 e. The summed E-state index contributed by atoms with van der Waals surface area (Å²) in [6.45, 7) is 7.94. The van der Waals surface area contributed by atoms with Crippen molar-refractivity contribution >= 4 is 16.5 Å². The Kier molecular flexibility index (Phi) is 4.60. The van der Waals surface area contributed by atoms with Gasteiger partial charge in [-0.05, 0) is 37.1 Å². The topological polar surface area (TPSA) is 32.3 Å². The molecule has 0 aromatic heterocycles. The number of nitrogens with one attached hydrogen (secondary N) is 1. The number of nitrogens with zero attached hydrogens (tertiary/aromatic N) is 1. The predicted octanol–water partition coefficient (Wildman–Crippen LogP) is 2.88. The van der Waals surface area contributed by atoms with E-state index in [9.17, 15) is 4.21 Å². The van der Waals surface area contributed by atoms with Crippen LogP contribution in [0.1, 0.15) is 11.1 Å². The summed E-state index contributed by atoms with van der Waals surface area (Å²) in [4.78, 5) is 4.20. The Morgan fingerprint density at radius 1 is 0.955 bits per heavy atom. The zero-order valence-electron chi connectivity index (χ0n) is 13.1. The van der Waals surface area contributed by atoms with Crippen molar-refractivity contribution in [2.45, 2.75) is 23.6 Å². The number of rotatable bonds is 3. The van der Waals surface area contributed by atoms with Crippen LogP contribution in [0.15, 0.2) is 52.3 Å². The van der Waals surface area contributed by atoms with Crippen LogP contribution in [0.5, 0.6) is 0 Å². The van der Waals surface area contributed by atoms with E-state index < -0.39 is 10.8 Å². The molecule has 2 aromatic carbocycles. The number of hydrogen-bond donors (Lipinski definition) is 1. The normalized spacial score (nSPS) is 16.5. The molecule has 3 rings (SSSR count). The summed E-state index contributed by atoms with van der Waals surface area (Å²) < 4.78 is 13.2.